The van der Waals surface area contributed by atoms with Gasteiger partial charge in [-0.2, -0.15) is 0 Å². The van der Waals surface area contributed by atoms with E-state index in [1.165, 1.54) is 23.0 Å². The smallest absolute Gasteiger partial charge is 0.276 e. The van der Waals surface area contributed by atoms with Crippen molar-refractivity contribution >= 4 is 10.0 Å². The molecule has 10 heteroatoms. The number of ether oxygens (including phenoxy) is 1. The maximum Gasteiger partial charge on any atom is 0.276 e. The van der Waals surface area contributed by atoms with Crippen LogP contribution in [-0.2, 0) is 16.4 Å². The summed E-state index contributed by atoms with van der Waals surface area (Å²) in [6.45, 7) is 7.07. The molecule has 9 nitrogen and oxygen atoms in total. The predicted molar refractivity (Wildman–Crippen MR) is 113 cm³/mol. The summed E-state index contributed by atoms with van der Waals surface area (Å²) in [6, 6.07) is 4.74. The summed E-state index contributed by atoms with van der Waals surface area (Å²) in [5.41, 5.74) is 1.22. The average molecular weight is 432 g/mol. The minimum atomic E-state index is -3.71. The van der Waals surface area contributed by atoms with Gasteiger partial charge in [0, 0.05) is 35.6 Å². The molecule has 3 aromatic heterocycles. The van der Waals surface area contributed by atoms with Gasteiger partial charge in [-0.1, -0.05) is 0 Å². The summed E-state index contributed by atoms with van der Waals surface area (Å²) >= 11 is 0. The Morgan fingerprint density at radius 1 is 1.20 bits per heavy atom. The second-order valence-electron chi connectivity index (χ2n) is 7.97. The Hall–Kier alpha value is -2.98. The molecule has 0 bridgehead atoms. The maximum atomic E-state index is 12.9. The van der Waals surface area contributed by atoms with Crippen LogP contribution in [0.4, 0.5) is 0 Å². The molecule has 3 rings (SSSR count). The highest BCUT2D eigenvalue weighted by Gasteiger charge is 2.22. The molecular weight excluding hydrogens is 406 g/mol. The lowest BCUT2D eigenvalue weighted by Crippen LogP contribution is -2.40. The number of hydrogen-bond acceptors (Lipinski definition) is 6. The Morgan fingerprint density at radius 2 is 1.93 bits per heavy atom. The van der Waals surface area contributed by atoms with Gasteiger partial charge < -0.3 is 4.74 Å². The quantitative estimate of drug-likeness (QED) is 0.616. The molecule has 0 amide bonds. The Morgan fingerprint density at radius 3 is 2.53 bits per heavy atom. The fraction of sp³-hybridized carbons (Fsp3) is 0.350. The summed E-state index contributed by atoms with van der Waals surface area (Å²) in [5.74, 6) is 0.913. The highest BCUT2D eigenvalue weighted by atomic mass is 32.2. The van der Waals surface area contributed by atoms with Crippen LogP contribution < -0.4 is 15.0 Å². The van der Waals surface area contributed by atoms with Gasteiger partial charge in [-0.15, -0.1) is 0 Å². The first-order chi connectivity index (χ1) is 14.0. The van der Waals surface area contributed by atoms with Crippen LogP contribution in [0.1, 0.15) is 37.6 Å². The fourth-order valence-electron chi connectivity index (χ4n) is 2.95. The minimum Gasteiger partial charge on any atom is -0.495 e. The SMILES string of the molecule is COc1cncc(Cc2c(C)[nH]n(-c3ccc(S(=O)(=O)NC(C)(C)C)cn3)c2=O)c1. The maximum absolute atomic E-state index is 12.9. The first kappa shape index (κ1) is 21.7. The number of rotatable bonds is 6. The van der Waals surface area contributed by atoms with Crippen molar-refractivity contribution in [1.29, 1.82) is 0 Å². The molecule has 0 spiro atoms. The van der Waals surface area contributed by atoms with Crippen molar-refractivity contribution in [1.82, 2.24) is 24.5 Å². The minimum absolute atomic E-state index is 0.0279. The Labute approximate surface area is 175 Å². The third kappa shape index (κ3) is 4.77. The van der Waals surface area contributed by atoms with Crippen LogP contribution in [0.25, 0.3) is 5.82 Å². The molecule has 0 fully saturated rings. The number of hydrogen-bond donors (Lipinski definition) is 2. The van der Waals surface area contributed by atoms with Crippen molar-refractivity contribution in [3.8, 4) is 11.6 Å². The van der Waals surface area contributed by atoms with Crippen LogP contribution in [0.2, 0.25) is 0 Å². The lowest BCUT2D eigenvalue weighted by molar-refractivity contribution is 0.412. The molecule has 0 aliphatic heterocycles. The van der Waals surface area contributed by atoms with Gasteiger partial charge in [-0.25, -0.2) is 22.8 Å². The van der Waals surface area contributed by atoms with Crippen molar-refractivity contribution in [3.05, 3.63) is 64.0 Å². The molecular formula is C20H25N5O4S. The number of nitrogens with one attached hydrogen (secondary N) is 2. The first-order valence-electron chi connectivity index (χ1n) is 9.29. The molecule has 0 saturated heterocycles. The molecule has 0 radical (unpaired) electrons. The summed E-state index contributed by atoms with van der Waals surface area (Å²) in [6.07, 6.45) is 4.89. The van der Waals surface area contributed by atoms with Gasteiger partial charge in [0.2, 0.25) is 10.0 Å². The van der Waals surface area contributed by atoms with Gasteiger partial charge in [-0.3, -0.25) is 14.9 Å². The highest BCUT2D eigenvalue weighted by Crippen LogP contribution is 2.16. The van der Waals surface area contributed by atoms with Gasteiger partial charge >= 0.3 is 0 Å². The molecule has 0 aliphatic rings. The second-order valence-corrected chi connectivity index (χ2v) is 9.66. The standard InChI is InChI=1S/C20H25N5O4S/c1-13-17(9-14-8-15(29-5)11-21-10-14)19(26)25(23-13)18-7-6-16(12-22-18)30(27,28)24-20(2,3)4/h6-8,10-12,23-24H,9H2,1-5H3. The topological polar surface area (TPSA) is 119 Å². The third-order valence-electron chi connectivity index (χ3n) is 4.28. The summed E-state index contributed by atoms with van der Waals surface area (Å²) in [4.78, 5) is 21.2. The van der Waals surface area contributed by atoms with Crippen molar-refractivity contribution in [2.24, 2.45) is 0 Å². The Kier molecular flexibility index (Phi) is 5.82. The number of H-pyrrole nitrogens is 1. The van der Waals surface area contributed by atoms with E-state index < -0.39 is 15.6 Å². The molecule has 160 valence electrons. The van der Waals surface area contributed by atoms with E-state index in [0.29, 0.717) is 29.2 Å². The van der Waals surface area contributed by atoms with Gasteiger partial charge in [0.25, 0.3) is 5.56 Å². The zero-order chi connectivity index (χ0) is 22.1. The van der Waals surface area contributed by atoms with Crippen LogP contribution in [0.3, 0.4) is 0 Å². The molecule has 0 unspecified atom stereocenters. The number of nitrogens with zero attached hydrogens (tertiary/aromatic N) is 3. The zero-order valence-corrected chi connectivity index (χ0v) is 18.4. The highest BCUT2D eigenvalue weighted by molar-refractivity contribution is 7.89. The van der Waals surface area contributed by atoms with E-state index in [4.69, 9.17) is 4.74 Å². The number of pyridine rings is 2. The molecule has 3 aromatic rings. The van der Waals surface area contributed by atoms with Gasteiger partial charge in [0.1, 0.15) is 10.6 Å². The predicted octanol–water partition coefficient (Wildman–Crippen LogP) is 1.94. The molecule has 0 atom stereocenters. The van der Waals surface area contributed by atoms with E-state index in [1.807, 2.05) is 6.07 Å². The number of aromatic nitrogens is 4. The summed E-state index contributed by atoms with van der Waals surface area (Å²) < 4.78 is 33.9. The third-order valence-corrected chi connectivity index (χ3v) is 6.02. The van der Waals surface area contributed by atoms with Crippen LogP contribution in [0.5, 0.6) is 5.75 Å². The van der Waals surface area contributed by atoms with E-state index in [2.05, 4.69) is 19.8 Å². The number of sulfonamides is 1. The van der Waals surface area contributed by atoms with E-state index in [0.717, 1.165) is 5.56 Å². The van der Waals surface area contributed by atoms with E-state index >= 15 is 0 Å². The molecule has 0 aromatic carbocycles. The number of aromatic amines is 1. The largest absolute Gasteiger partial charge is 0.495 e. The fourth-order valence-corrected chi connectivity index (χ4v) is 4.32. The van der Waals surface area contributed by atoms with Gasteiger partial charge in [-0.05, 0) is 51.5 Å². The van der Waals surface area contributed by atoms with E-state index in [9.17, 15) is 13.2 Å². The normalized spacial score (nSPS) is 12.2. The van der Waals surface area contributed by atoms with E-state index in [1.54, 1.807) is 47.2 Å². The monoisotopic (exact) mass is 431 g/mol. The summed E-state index contributed by atoms with van der Waals surface area (Å²) in [5, 5.41) is 3.00. The zero-order valence-electron chi connectivity index (χ0n) is 17.6. The van der Waals surface area contributed by atoms with E-state index in [-0.39, 0.29) is 10.5 Å². The molecule has 0 saturated carbocycles. The Balaban J connectivity index is 1.90. The lowest BCUT2D eigenvalue weighted by atomic mass is 10.1. The van der Waals surface area contributed by atoms with Crippen LogP contribution in [-0.4, -0.2) is 40.8 Å². The number of aryl methyl sites for hydroxylation is 1. The first-order valence-corrected chi connectivity index (χ1v) is 10.8. The van der Waals surface area contributed by atoms with Crippen molar-refractivity contribution in [3.63, 3.8) is 0 Å². The van der Waals surface area contributed by atoms with Crippen LogP contribution >= 0.6 is 0 Å². The van der Waals surface area contributed by atoms with Crippen molar-refractivity contribution in [2.75, 3.05) is 7.11 Å². The average Bonchev–Trinajstić information content (AvgIpc) is 2.95. The molecule has 2 N–H and O–H groups in total. The molecule has 0 aliphatic carbocycles. The van der Waals surface area contributed by atoms with Crippen LogP contribution in [0.15, 0.2) is 46.5 Å². The van der Waals surface area contributed by atoms with Crippen molar-refractivity contribution in [2.45, 2.75) is 44.6 Å². The molecule has 30 heavy (non-hydrogen) atoms. The van der Waals surface area contributed by atoms with Gasteiger partial charge in [0.15, 0.2) is 5.82 Å². The molecule has 3 heterocycles. The summed E-state index contributed by atoms with van der Waals surface area (Å²) in [7, 11) is -2.15. The van der Waals surface area contributed by atoms with Crippen molar-refractivity contribution < 1.29 is 13.2 Å². The van der Waals surface area contributed by atoms with Gasteiger partial charge in [0.05, 0.1) is 13.3 Å². The van der Waals surface area contributed by atoms with Crippen LogP contribution in [0, 0.1) is 6.92 Å². The number of methoxy groups -OCH3 is 1. The second kappa shape index (κ2) is 8.04. The Bertz CT molecular complexity index is 1210. The lowest BCUT2D eigenvalue weighted by Gasteiger charge is -2.20.